The van der Waals surface area contributed by atoms with Crippen LogP contribution in [0.2, 0.25) is 0 Å². The van der Waals surface area contributed by atoms with E-state index in [1.807, 2.05) is 0 Å². The molecule has 0 saturated carbocycles. The van der Waals surface area contributed by atoms with E-state index < -0.39 is 11.5 Å². The smallest absolute Gasteiger partial charge is 0.341 e. The number of aromatic carboxylic acids is 1. The number of carbonyl (C=O) groups is 1. The van der Waals surface area contributed by atoms with Gasteiger partial charge < -0.3 is 10.0 Å². The summed E-state index contributed by atoms with van der Waals surface area (Å²) in [7, 11) is 0. The number of carboxylic acids is 1. The molecule has 0 bridgehead atoms. The average molecular weight is 251 g/mol. The first-order valence-corrected chi connectivity index (χ1v) is 6.17. The van der Waals surface area contributed by atoms with Gasteiger partial charge in [-0.05, 0) is 32.0 Å². The molecule has 0 unspecified atom stereocenters. The minimum atomic E-state index is -1.20. The Kier molecular flexibility index (Phi) is 3.76. The first-order valence-electron chi connectivity index (χ1n) is 6.17. The summed E-state index contributed by atoms with van der Waals surface area (Å²) in [6.07, 6.45) is 3.26. The van der Waals surface area contributed by atoms with Crippen molar-refractivity contribution in [2.75, 3.05) is 19.6 Å². The summed E-state index contributed by atoms with van der Waals surface area (Å²) in [6, 6.07) is 1.23. The van der Waals surface area contributed by atoms with Crippen LogP contribution in [0.15, 0.2) is 17.1 Å². The number of carboxylic acid groups (broad SMARTS) is 1. The van der Waals surface area contributed by atoms with Gasteiger partial charge in [0.1, 0.15) is 5.56 Å². The monoisotopic (exact) mass is 251 g/mol. The third kappa shape index (κ3) is 2.43. The van der Waals surface area contributed by atoms with E-state index in [1.165, 1.54) is 16.9 Å². The van der Waals surface area contributed by atoms with Crippen LogP contribution in [0, 0.1) is 0 Å². The van der Waals surface area contributed by atoms with Crippen molar-refractivity contribution in [2.45, 2.75) is 25.8 Å². The molecule has 0 spiro atoms. The van der Waals surface area contributed by atoms with Gasteiger partial charge in [-0.25, -0.2) is 9.48 Å². The van der Waals surface area contributed by atoms with Crippen molar-refractivity contribution >= 4 is 5.97 Å². The van der Waals surface area contributed by atoms with Crippen LogP contribution in [0.1, 0.15) is 36.2 Å². The fourth-order valence-corrected chi connectivity index (χ4v) is 2.37. The van der Waals surface area contributed by atoms with Gasteiger partial charge in [0.15, 0.2) is 0 Å². The number of likely N-dealkylation sites (N-methyl/N-ethyl adjacent to an activating group) is 1. The number of likely N-dealkylation sites (tertiary alicyclic amines) is 1. The number of hydrogen-bond acceptors (Lipinski definition) is 4. The Morgan fingerprint density at radius 1 is 1.61 bits per heavy atom. The molecule has 2 heterocycles. The van der Waals surface area contributed by atoms with E-state index in [-0.39, 0.29) is 11.6 Å². The van der Waals surface area contributed by atoms with Gasteiger partial charge in [0, 0.05) is 12.7 Å². The molecule has 6 heteroatoms. The van der Waals surface area contributed by atoms with Crippen molar-refractivity contribution in [3.8, 4) is 0 Å². The molecule has 0 aliphatic carbocycles. The Balaban J connectivity index is 2.31. The molecule has 98 valence electrons. The zero-order valence-electron chi connectivity index (χ0n) is 10.4. The van der Waals surface area contributed by atoms with Crippen molar-refractivity contribution in [3.63, 3.8) is 0 Å². The van der Waals surface area contributed by atoms with E-state index in [0.717, 1.165) is 32.5 Å². The summed E-state index contributed by atoms with van der Waals surface area (Å²) < 4.78 is 1.32. The number of rotatable bonds is 3. The van der Waals surface area contributed by atoms with Crippen LogP contribution in [-0.2, 0) is 0 Å². The van der Waals surface area contributed by atoms with E-state index in [1.54, 1.807) is 0 Å². The van der Waals surface area contributed by atoms with E-state index >= 15 is 0 Å². The maximum Gasteiger partial charge on any atom is 0.341 e. The molecule has 1 fully saturated rings. The molecule has 1 aliphatic rings. The van der Waals surface area contributed by atoms with E-state index in [4.69, 9.17) is 5.11 Å². The summed E-state index contributed by atoms with van der Waals surface area (Å²) >= 11 is 0. The Morgan fingerprint density at radius 2 is 2.39 bits per heavy atom. The SMILES string of the molecule is CCN1CCC[C@@H](n2nccc(C(=O)O)c2=O)C1. The van der Waals surface area contributed by atoms with E-state index in [0.29, 0.717) is 0 Å². The molecule has 2 rings (SSSR count). The summed E-state index contributed by atoms with van der Waals surface area (Å²) in [6.45, 7) is 4.79. The van der Waals surface area contributed by atoms with Gasteiger partial charge in [0.25, 0.3) is 5.56 Å². The van der Waals surface area contributed by atoms with Crippen LogP contribution in [0.5, 0.6) is 0 Å². The molecule has 1 aromatic heterocycles. The Hall–Kier alpha value is -1.69. The topological polar surface area (TPSA) is 75.4 Å². The van der Waals surface area contributed by atoms with Gasteiger partial charge in [-0.15, -0.1) is 0 Å². The highest BCUT2D eigenvalue weighted by atomic mass is 16.4. The van der Waals surface area contributed by atoms with E-state index in [9.17, 15) is 9.59 Å². The largest absolute Gasteiger partial charge is 0.477 e. The van der Waals surface area contributed by atoms with Crippen LogP contribution >= 0.6 is 0 Å². The van der Waals surface area contributed by atoms with Gasteiger partial charge in [0.05, 0.1) is 6.04 Å². The van der Waals surface area contributed by atoms with Crippen LogP contribution < -0.4 is 5.56 Å². The van der Waals surface area contributed by atoms with Gasteiger partial charge in [-0.2, -0.15) is 5.10 Å². The summed E-state index contributed by atoms with van der Waals surface area (Å²) in [5, 5.41) is 13.0. The molecule has 1 saturated heterocycles. The predicted molar refractivity (Wildman–Crippen MR) is 65.8 cm³/mol. The molecular formula is C12H17N3O3. The Morgan fingerprint density at radius 3 is 3.06 bits per heavy atom. The van der Waals surface area contributed by atoms with Gasteiger partial charge >= 0.3 is 5.97 Å². The zero-order valence-corrected chi connectivity index (χ0v) is 10.4. The van der Waals surface area contributed by atoms with Gasteiger partial charge in [-0.3, -0.25) is 4.79 Å². The fourth-order valence-electron chi connectivity index (χ4n) is 2.37. The lowest BCUT2D eigenvalue weighted by molar-refractivity contribution is 0.0692. The maximum atomic E-state index is 12.0. The van der Waals surface area contributed by atoms with E-state index in [2.05, 4.69) is 16.9 Å². The first-order chi connectivity index (χ1) is 8.63. The highest BCUT2D eigenvalue weighted by Crippen LogP contribution is 2.18. The molecule has 6 nitrogen and oxygen atoms in total. The molecule has 1 N–H and O–H groups in total. The van der Waals surface area contributed by atoms with Gasteiger partial charge in [0.2, 0.25) is 0 Å². The Bertz CT molecular complexity index is 498. The molecule has 1 atom stereocenters. The number of hydrogen-bond donors (Lipinski definition) is 1. The normalized spacial score (nSPS) is 20.8. The summed E-state index contributed by atoms with van der Waals surface area (Å²) in [4.78, 5) is 25.2. The lowest BCUT2D eigenvalue weighted by Gasteiger charge is -2.32. The summed E-state index contributed by atoms with van der Waals surface area (Å²) in [5.74, 6) is -1.20. The quantitative estimate of drug-likeness (QED) is 0.851. The predicted octanol–water partition coefficient (Wildman–Crippen LogP) is 0.598. The van der Waals surface area contributed by atoms with Crippen LogP contribution in [-0.4, -0.2) is 45.4 Å². The molecular weight excluding hydrogens is 234 g/mol. The highest BCUT2D eigenvalue weighted by molar-refractivity contribution is 5.86. The van der Waals surface area contributed by atoms with Crippen LogP contribution in [0.4, 0.5) is 0 Å². The molecule has 0 radical (unpaired) electrons. The molecule has 0 aromatic carbocycles. The minimum Gasteiger partial charge on any atom is -0.477 e. The first kappa shape index (κ1) is 12.8. The fraction of sp³-hybridized carbons (Fsp3) is 0.583. The second kappa shape index (κ2) is 5.30. The minimum absolute atomic E-state index is 0.0227. The number of aromatic nitrogens is 2. The molecule has 18 heavy (non-hydrogen) atoms. The van der Waals surface area contributed by atoms with Crippen molar-refractivity contribution in [3.05, 3.63) is 28.2 Å². The zero-order chi connectivity index (χ0) is 13.1. The standard InChI is InChI=1S/C12H17N3O3/c1-2-14-7-3-4-9(8-14)15-11(16)10(12(17)18)5-6-13-15/h5-6,9H,2-4,7-8H2,1H3,(H,17,18)/t9-/m1/s1. The lowest BCUT2D eigenvalue weighted by atomic mass is 10.1. The number of piperidine rings is 1. The molecule has 1 aliphatic heterocycles. The molecule has 1 aromatic rings. The third-order valence-electron chi connectivity index (χ3n) is 3.37. The molecule has 0 amide bonds. The second-order valence-electron chi connectivity index (χ2n) is 4.49. The highest BCUT2D eigenvalue weighted by Gasteiger charge is 2.23. The summed E-state index contributed by atoms with van der Waals surface area (Å²) in [5.41, 5.74) is -0.716. The average Bonchev–Trinajstić information content (AvgIpc) is 2.38. The van der Waals surface area contributed by atoms with Crippen molar-refractivity contribution in [1.82, 2.24) is 14.7 Å². The van der Waals surface area contributed by atoms with Crippen LogP contribution in [0.3, 0.4) is 0 Å². The maximum absolute atomic E-state index is 12.0. The van der Waals surface area contributed by atoms with Gasteiger partial charge in [-0.1, -0.05) is 6.92 Å². The van der Waals surface area contributed by atoms with Crippen molar-refractivity contribution in [1.29, 1.82) is 0 Å². The number of nitrogens with zero attached hydrogens (tertiary/aromatic N) is 3. The Labute approximate surface area is 105 Å². The lowest BCUT2D eigenvalue weighted by Crippen LogP contribution is -2.41. The third-order valence-corrected chi connectivity index (χ3v) is 3.37. The van der Waals surface area contributed by atoms with Crippen molar-refractivity contribution < 1.29 is 9.90 Å². The second-order valence-corrected chi connectivity index (χ2v) is 4.49. The van der Waals surface area contributed by atoms with Crippen molar-refractivity contribution in [2.24, 2.45) is 0 Å². The van der Waals surface area contributed by atoms with Crippen LogP contribution in [0.25, 0.3) is 0 Å².